The van der Waals surface area contributed by atoms with Crippen molar-refractivity contribution in [3.63, 3.8) is 0 Å². The molecule has 0 spiro atoms. The Hall–Kier alpha value is -3.49. The average Bonchev–Trinajstić information content (AvgIpc) is 3.45. The van der Waals surface area contributed by atoms with E-state index in [-0.39, 0.29) is 0 Å². The Bertz CT molecular complexity index is 1830. The molecule has 0 saturated heterocycles. The summed E-state index contributed by atoms with van der Waals surface area (Å²) in [6.07, 6.45) is 6.72. The smallest absolute Gasteiger partial charge is 0.214 e. The number of fused-ring (bicyclic) bond motifs is 7. The van der Waals surface area contributed by atoms with Crippen LogP contribution >= 0.6 is 31.6 Å². The molecule has 0 radical (unpaired) electrons. The lowest BCUT2D eigenvalue weighted by Crippen LogP contribution is -2.27. The van der Waals surface area contributed by atoms with Crippen LogP contribution in [-0.2, 0) is 19.5 Å². The van der Waals surface area contributed by atoms with Gasteiger partial charge in [-0.2, -0.15) is 0 Å². The first-order chi connectivity index (χ1) is 19.7. The van der Waals surface area contributed by atoms with Crippen LogP contribution in [0, 0.1) is 0 Å². The highest BCUT2D eigenvalue weighted by Crippen LogP contribution is 2.72. The average molecular weight is 578 g/mol. The van der Waals surface area contributed by atoms with E-state index in [4.69, 9.17) is 23.2 Å². The van der Waals surface area contributed by atoms with E-state index in [0.29, 0.717) is 0 Å². The van der Waals surface area contributed by atoms with Gasteiger partial charge in [-0.1, -0.05) is 96.0 Å². The normalized spacial score (nSPS) is 16.8. The minimum absolute atomic E-state index is 0.755. The fraction of sp³-hybridized carbons (Fsp3) is 0.118. The fourth-order valence-corrected chi connectivity index (χ4v) is 9.39. The maximum absolute atomic E-state index is 6.64. The van der Waals surface area contributed by atoms with Gasteiger partial charge in [0.05, 0.1) is 35.8 Å². The molecule has 3 aliphatic rings. The van der Waals surface area contributed by atoms with Crippen molar-refractivity contribution in [3.05, 3.63) is 135 Å². The van der Waals surface area contributed by atoms with Gasteiger partial charge in [-0.15, -0.1) is 0 Å². The summed E-state index contributed by atoms with van der Waals surface area (Å²) in [6, 6.07) is 34.7. The van der Waals surface area contributed by atoms with E-state index in [0.717, 1.165) is 36.0 Å². The van der Waals surface area contributed by atoms with Crippen LogP contribution in [-0.4, -0.2) is 0 Å². The molecule has 1 aliphatic carbocycles. The lowest BCUT2D eigenvalue weighted by molar-refractivity contribution is 0.928. The molecule has 196 valence electrons. The predicted octanol–water partition coefficient (Wildman–Crippen LogP) is 10.5. The van der Waals surface area contributed by atoms with E-state index >= 15 is 0 Å². The minimum Gasteiger partial charge on any atom is -0.310 e. The van der Waals surface area contributed by atoms with Crippen LogP contribution in [0.2, 0.25) is 10.0 Å². The zero-order valence-corrected chi connectivity index (χ0v) is 24.2. The second kappa shape index (κ2) is 9.56. The number of hydrogen-bond acceptors (Lipinski definition) is 3. The molecule has 0 amide bonds. The quantitative estimate of drug-likeness (QED) is 0.197. The first-order valence-electron chi connectivity index (χ1n) is 13.6. The molecular weight excluding hydrogens is 552 g/mol. The van der Waals surface area contributed by atoms with Gasteiger partial charge >= 0.3 is 0 Å². The molecule has 40 heavy (non-hydrogen) atoms. The number of halogens is 2. The Morgan fingerprint density at radius 2 is 1.30 bits per heavy atom. The van der Waals surface area contributed by atoms with Gasteiger partial charge in [0.2, 0.25) is 8.37 Å². The molecule has 0 N–H and O–H groups in total. The van der Waals surface area contributed by atoms with Crippen LogP contribution in [0.15, 0.2) is 103 Å². The highest BCUT2D eigenvalue weighted by atomic mass is 35.5. The minimum atomic E-state index is -0.950. The molecule has 6 heteroatoms. The second-order valence-electron chi connectivity index (χ2n) is 10.5. The maximum Gasteiger partial charge on any atom is 0.214 e. The predicted molar refractivity (Wildman–Crippen MR) is 172 cm³/mol. The summed E-state index contributed by atoms with van der Waals surface area (Å²) in [5, 5.41) is 4.07. The molecule has 1 unspecified atom stereocenters. The van der Waals surface area contributed by atoms with Gasteiger partial charge in [0.25, 0.3) is 0 Å². The van der Waals surface area contributed by atoms with Crippen molar-refractivity contribution in [1.82, 2.24) is 0 Å². The summed E-state index contributed by atoms with van der Waals surface area (Å²) < 4.78 is 7.68. The van der Waals surface area contributed by atoms with Crippen LogP contribution in [0.3, 0.4) is 0 Å². The third-order valence-electron chi connectivity index (χ3n) is 8.19. The van der Waals surface area contributed by atoms with Gasteiger partial charge in [0, 0.05) is 10.0 Å². The molecule has 8 rings (SSSR count). The third-order valence-corrected chi connectivity index (χ3v) is 11.0. The first-order valence-corrected chi connectivity index (χ1v) is 15.6. The fourth-order valence-electron chi connectivity index (χ4n) is 6.38. The van der Waals surface area contributed by atoms with Crippen molar-refractivity contribution in [2.75, 3.05) is 14.0 Å². The Labute approximate surface area is 245 Å². The summed E-state index contributed by atoms with van der Waals surface area (Å²) in [4.78, 5) is 0. The van der Waals surface area contributed by atoms with Crippen molar-refractivity contribution >= 4 is 71.2 Å². The van der Waals surface area contributed by atoms with Crippen molar-refractivity contribution in [3.8, 4) is 0 Å². The van der Waals surface area contributed by atoms with Gasteiger partial charge in [-0.3, -0.25) is 4.67 Å². The summed E-state index contributed by atoms with van der Waals surface area (Å²) in [5.74, 6) is 0. The molecule has 0 fully saturated rings. The van der Waals surface area contributed by atoms with E-state index in [2.05, 4.69) is 111 Å². The largest absolute Gasteiger partial charge is 0.310 e. The first kappa shape index (κ1) is 24.3. The highest BCUT2D eigenvalue weighted by Gasteiger charge is 2.48. The monoisotopic (exact) mass is 577 g/mol. The number of anilines is 4. The standard InChI is InChI=1S/C34H26Cl2N3P/c35-27-15-17-31-33(19-27)37(21-25-11-5-9-23-7-1-3-13-29(23)25)40-38(34-20-28(36)16-18-32(34)39(31)40)22-26-12-6-10-24-8-2-4-14-30(24)26/h1-3,5-13,15-20H,4,14,21-22H2. The summed E-state index contributed by atoms with van der Waals surface area (Å²) in [6.45, 7) is 1.60. The van der Waals surface area contributed by atoms with E-state index in [1.54, 1.807) is 0 Å². The Morgan fingerprint density at radius 1 is 0.650 bits per heavy atom. The van der Waals surface area contributed by atoms with Crippen LogP contribution in [0.4, 0.5) is 22.7 Å². The number of rotatable bonds is 4. The summed E-state index contributed by atoms with van der Waals surface area (Å²) in [5.41, 5.74) is 10.3. The van der Waals surface area contributed by atoms with Crippen LogP contribution in [0.5, 0.6) is 0 Å². The van der Waals surface area contributed by atoms with Crippen molar-refractivity contribution in [2.45, 2.75) is 25.9 Å². The second-order valence-corrected chi connectivity index (χ2v) is 13.3. The Balaban J connectivity index is 1.30. The van der Waals surface area contributed by atoms with Crippen molar-refractivity contribution in [1.29, 1.82) is 0 Å². The number of allylic oxidation sites excluding steroid dienone is 1. The maximum atomic E-state index is 6.64. The van der Waals surface area contributed by atoms with E-state index in [1.165, 1.54) is 55.8 Å². The summed E-state index contributed by atoms with van der Waals surface area (Å²) >= 11 is 13.3. The SMILES string of the molecule is Clc1ccc2c(c1)N(Cc1cccc3c1CCC=C3)P1N(Cc3cccc4ccccc34)c3cc(Cl)ccc3N21. The number of benzene rings is 5. The van der Waals surface area contributed by atoms with Crippen LogP contribution in [0.25, 0.3) is 16.8 Å². The van der Waals surface area contributed by atoms with E-state index in [9.17, 15) is 0 Å². The third kappa shape index (κ3) is 3.84. The topological polar surface area (TPSA) is 9.72 Å². The zero-order valence-electron chi connectivity index (χ0n) is 21.8. The molecule has 5 aromatic carbocycles. The molecule has 0 bridgehead atoms. The molecular formula is C34H26Cl2N3P. The highest BCUT2D eigenvalue weighted by molar-refractivity contribution is 7.64. The molecule has 0 aromatic heterocycles. The molecule has 0 saturated carbocycles. The molecule has 2 heterocycles. The van der Waals surface area contributed by atoms with Gasteiger partial charge in [0.15, 0.2) is 0 Å². The van der Waals surface area contributed by atoms with Gasteiger partial charge in [-0.25, -0.2) is 0 Å². The van der Waals surface area contributed by atoms with Gasteiger partial charge in [-0.05, 0) is 82.3 Å². The lowest BCUT2D eigenvalue weighted by Gasteiger charge is -2.35. The molecule has 3 nitrogen and oxygen atoms in total. The van der Waals surface area contributed by atoms with E-state index in [1.807, 2.05) is 12.1 Å². The van der Waals surface area contributed by atoms with E-state index < -0.39 is 8.37 Å². The molecule has 5 aromatic rings. The number of hydrogen-bond donors (Lipinski definition) is 0. The van der Waals surface area contributed by atoms with Crippen molar-refractivity contribution < 1.29 is 0 Å². The van der Waals surface area contributed by atoms with Gasteiger partial charge < -0.3 is 9.34 Å². The Morgan fingerprint density at radius 3 is 2.08 bits per heavy atom. The zero-order chi connectivity index (χ0) is 26.8. The van der Waals surface area contributed by atoms with Gasteiger partial charge in [0.1, 0.15) is 0 Å². The molecule has 1 atom stereocenters. The summed E-state index contributed by atoms with van der Waals surface area (Å²) in [7, 11) is -0.950. The lowest BCUT2D eigenvalue weighted by atomic mass is 9.93. The molecule has 2 aliphatic heterocycles. The Kier molecular flexibility index (Phi) is 5.81. The van der Waals surface area contributed by atoms with Crippen molar-refractivity contribution in [2.24, 2.45) is 0 Å². The van der Waals surface area contributed by atoms with Crippen LogP contribution < -0.4 is 14.0 Å². The van der Waals surface area contributed by atoms with Crippen LogP contribution in [0.1, 0.15) is 28.7 Å². The number of nitrogens with zero attached hydrogens (tertiary/aromatic N) is 3.